The Morgan fingerprint density at radius 1 is 0.923 bits per heavy atom. The lowest BCUT2D eigenvalue weighted by molar-refractivity contribution is -0.136. The zero-order valence-electron chi connectivity index (χ0n) is 15.9. The molecule has 2 aromatic carbocycles. The van der Waals surface area contributed by atoms with E-state index < -0.39 is 0 Å². The Morgan fingerprint density at radius 2 is 1.65 bits per heavy atom. The lowest BCUT2D eigenvalue weighted by atomic mass is 9.97. The highest BCUT2D eigenvalue weighted by Gasteiger charge is 2.38. The third-order valence-corrected chi connectivity index (χ3v) is 5.00. The van der Waals surface area contributed by atoms with Crippen molar-refractivity contribution in [3.63, 3.8) is 0 Å². The van der Waals surface area contributed by atoms with Gasteiger partial charge in [0.25, 0.3) is 11.8 Å². The lowest BCUT2D eigenvalue weighted by Crippen LogP contribution is -2.32. The minimum atomic E-state index is -0.270. The van der Waals surface area contributed by atoms with E-state index in [-0.39, 0.29) is 11.8 Å². The molecule has 1 aliphatic rings. The van der Waals surface area contributed by atoms with Crippen LogP contribution in [-0.2, 0) is 9.59 Å². The number of imide groups is 1. The first kappa shape index (κ1) is 17.9. The minimum Gasteiger partial charge on any atom is -0.350 e. The number of likely N-dealkylation sites (N-methyl/N-ethyl adjacent to an activating group) is 1. The van der Waals surface area contributed by atoms with Crippen LogP contribution < -0.4 is 5.32 Å². The number of carbonyl (C=O) groups is 2. The summed E-state index contributed by atoms with van der Waals surface area (Å²) in [5, 5.41) is 3.25. The van der Waals surface area contributed by atoms with E-state index in [0.29, 0.717) is 17.8 Å². The third-order valence-electron chi connectivity index (χ3n) is 5.00. The van der Waals surface area contributed by atoms with Crippen LogP contribution in [-0.4, -0.2) is 23.3 Å². The summed E-state index contributed by atoms with van der Waals surface area (Å²) in [6.07, 6.45) is 0. The Kier molecular flexibility index (Phi) is 4.68. The van der Waals surface area contributed by atoms with E-state index in [0.717, 1.165) is 33.5 Å². The van der Waals surface area contributed by atoms with Crippen molar-refractivity contribution in [2.45, 2.75) is 34.6 Å². The zero-order chi connectivity index (χ0) is 19.0. The summed E-state index contributed by atoms with van der Waals surface area (Å²) >= 11 is 0. The lowest BCUT2D eigenvalue weighted by Gasteiger charge is -2.14. The van der Waals surface area contributed by atoms with Crippen molar-refractivity contribution < 1.29 is 9.59 Å². The first-order valence-corrected chi connectivity index (χ1v) is 8.86. The summed E-state index contributed by atoms with van der Waals surface area (Å²) in [5.74, 6) is -0.509. The summed E-state index contributed by atoms with van der Waals surface area (Å²) in [7, 11) is 0. The van der Waals surface area contributed by atoms with Crippen molar-refractivity contribution in [1.29, 1.82) is 0 Å². The third kappa shape index (κ3) is 2.92. The number of nitrogens with zero attached hydrogens (tertiary/aromatic N) is 1. The molecule has 2 amide bonds. The Morgan fingerprint density at radius 3 is 2.31 bits per heavy atom. The average molecular weight is 348 g/mol. The van der Waals surface area contributed by atoms with Crippen molar-refractivity contribution in [1.82, 2.24) is 4.90 Å². The van der Waals surface area contributed by atoms with Gasteiger partial charge in [0.05, 0.1) is 5.57 Å². The van der Waals surface area contributed by atoms with Crippen molar-refractivity contribution in [2.75, 3.05) is 11.9 Å². The molecule has 2 aromatic rings. The minimum absolute atomic E-state index is 0.239. The Labute approximate surface area is 154 Å². The average Bonchev–Trinajstić information content (AvgIpc) is 2.82. The quantitative estimate of drug-likeness (QED) is 0.845. The normalized spacial score (nSPS) is 14.4. The van der Waals surface area contributed by atoms with E-state index in [4.69, 9.17) is 0 Å². The summed E-state index contributed by atoms with van der Waals surface area (Å²) in [4.78, 5) is 27.1. The molecular weight excluding hydrogens is 324 g/mol. The fourth-order valence-corrected chi connectivity index (χ4v) is 3.34. The topological polar surface area (TPSA) is 49.4 Å². The van der Waals surface area contributed by atoms with Gasteiger partial charge >= 0.3 is 0 Å². The summed E-state index contributed by atoms with van der Waals surface area (Å²) in [5.41, 5.74) is 6.77. The van der Waals surface area contributed by atoms with Crippen LogP contribution in [0.15, 0.2) is 42.1 Å². The van der Waals surface area contributed by atoms with Gasteiger partial charge in [-0.25, -0.2) is 0 Å². The number of hydrogen-bond acceptors (Lipinski definition) is 3. The van der Waals surface area contributed by atoms with Gasteiger partial charge in [-0.2, -0.15) is 0 Å². The van der Waals surface area contributed by atoms with Crippen LogP contribution in [0.2, 0.25) is 0 Å². The van der Waals surface area contributed by atoms with Gasteiger partial charge in [0.2, 0.25) is 0 Å². The van der Waals surface area contributed by atoms with Gasteiger partial charge in [-0.1, -0.05) is 35.9 Å². The number of anilines is 1. The molecule has 0 bridgehead atoms. The fraction of sp³-hybridized carbons (Fsp3) is 0.273. The summed E-state index contributed by atoms with van der Waals surface area (Å²) < 4.78 is 0. The van der Waals surface area contributed by atoms with Crippen LogP contribution in [0.3, 0.4) is 0 Å². The van der Waals surface area contributed by atoms with E-state index in [2.05, 4.69) is 5.32 Å². The standard InChI is InChI=1S/C22H24N2O2/c1-6-24-21(25)19(17-11-10-13(2)12-15(17)4)20(22(24)26)23-18-9-7-8-14(3)16(18)5/h7-12,23H,6H2,1-5H3. The van der Waals surface area contributed by atoms with Crippen LogP contribution in [0.25, 0.3) is 5.57 Å². The van der Waals surface area contributed by atoms with Gasteiger partial charge in [-0.05, 0) is 62.9 Å². The van der Waals surface area contributed by atoms with Crippen molar-refractivity contribution >= 4 is 23.1 Å². The second kappa shape index (κ2) is 6.79. The molecule has 1 aliphatic heterocycles. The molecule has 0 unspecified atom stereocenters. The second-order valence-electron chi connectivity index (χ2n) is 6.80. The maximum Gasteiger partial charge on any atom is 0.278 e. The van der Waals surface area contributed by atoms with Crippen LogP contribution in [0, 0.1) is 27.7 Å². The highest BCUT2D eigenvalue weighted by Crippen LogP contribution is 2.33. The number of nitrogens with one attached hydrogen (secondary N) is 1. The molecular formula is C22H24N2O2. The zero-order valence-corrected chi connectivity index (χ0v) is 15.9. The predicted molar refractivity (Wildman–Crippen MR) is 105 cm³/mol. The van der Waals surface area contributed by atoms with Crippen molar-refractivity contribution in [2.24, 2.45) is 0 Å². The smallest absolute Gasteiger partial charge is 0.278 e. The maximum absolute atomic E-state index is 12.9. The van der Waals surface area contributed by atoms with Crippen molar-refractivity contribution in [3.8, 4) is 0 Å². The molecule has 26 heavy (non-hydrogen) atoms. The van der Waals surface area contributed by atoms with Crippen LogP contribution in [0.5, 0.6) is 0 Å². The van der Waals surface area contributed by atoms with E-state index >= 15 is 0 Å². The van der Waals surface area contributed by atoms with Gasteiger partial charge in [0.15, 0.2) is 0 Å². The van der Waals surface area contributed by atoms with E-state index in [1.165, 1.54) is 4.90 Å². The molecule has 1 heterocycles. The molecule has 0 saturated carbocycles. The number of aryl methyl sites for hydroxylation is 3. The molecule has 1 N–H and O–H groups in total. The monoisotopic (exact) mass is 348 g/mol. The highest BCUT2D eigenvalue weighted by atomic mass is 16.2. The molecule has 4 heteroatoms. The Bertz CT molecular complexity index is 941. The maximum atomic E-state index is 12.9. The molecule has 0 fully saturated rings. The molecule has 0 atom stereocenters. The summed E-state index contributed by atoms with van der Waals surface area (Å²) in [6, 6.07) is 11.8. The first-order valence-electron chi connectivity index (χ1n) is 8.86. The predicted octanol–water partition coefficient (Wildman–Crippen LogP) is 4.13. The van der Waals surface area contributed by atoms with E-state index in [1.54, 1.807) is 0 Å². The molecule has 0 saturated heterocycles. The number of hydrogen-bond donors (Lipinski definition) is 1. The highest BCUT2D eigenvalue weighted by molar-refractivity contribution is 6.36. The first-order chi connectivity index (χ1) is 12.3. The van der Waals surface area contributed by atoms with Gasteiger partial charge in [0.1, 0.15) is 5.70 Å². The van der Waals surface area contributed by atoms with Crippen LogP contribution in [0.4, 0.5) is 5.69 Å². The van der Waals surface area contributed by atoms with Gasteiger partial charge in [-0.3, -0.25) is 14.5 Å². The Hall–Kier alpha value is -2.88. The fourth-order valence-electron chi connectivity index (χ4n) is 3.34. The molecule has 134 valence electrons. The number of amides is 2. The second-order valence-corrected chi connectivity index (χ2v) is 6.80. The van der Waals surface area contributed by atoms with Crippen molar-refractivity contribution in [3.05, 3.63) is 69.9 Å². The number of rotatable bonds is 4. The molecule has 0 aliphatic carbocycles. The number of benzene rings is 2. The van der Waals surface area contributed by atoms with Gasteiger partial charge in [-0.15, -0.1) is 0 Å². The van der Waals surface area contributed by atoms with Gasteiger partial charge in [0, 0.05) is 12.2 Å². The summed E-state index contributed by atoms with van der Waals surface area (Å²) in [6.45, 7) is 10.2. The number of carbonyl (C=O) groups excluding carboxylic acids is 2. The van der Waals surface area contributed by atoms with Crippen LogP contribution in [0.1, 0.15) is 34.7 Å². The Balaban J connectivity index is 2.17. The molecule has 0 spiro atoms. The van der Waals surface area contributed by atoms with Crippen LogP contribution >= 0.6 is 0 Å². The molecule has 3 rings (SSSR count). The van der Waals surface area contributed by atoms with E-state index in [1.807, 2.05) is 71.0 Å². The molecule has 4 nitrogen and oxygen atoms in total. The van der Waals surface area contributed by atoms with E-state index in [9.17, 15) is 9.59 Å². The molecule has 0 aromatic heterocycles. The molecule has 0 radical (unpaired) electrons. The largest absolute Gasteiger partial charge is 0.350 e. The SMILES string of the molecule is CCN1C(=O)C(Nc2cccc(C)c2C)=C(c2ccc(C)cc2C)C1=O. The van der Waals surface area contributed by atoms with Gasteiger partial charge < -0.3 is 5.32 Å².